The largest absolute Gasteiger partial charge is 0.367 e. The van der Waals surface area contributed by atoms with Gasteiger partial charge in [-0.15, -0.1) is 0 Å². The Hall–Kier alpha value is -1.16. The highest BCUT2D eigenvalue weighted by molar-refractivity contribution is 5.51. The summed E-state index contributed by atoms with van der Waals surface area (Å²) in [6.45, 7) is 2.07. The Kier molecular flexibility index (Phi) is 3.69. The second-order valence-electron chi connectivity index (χ2n) is 5.61. The molecule has 0 unspecified atom stereocenters. The first-order valence-electron chi connectivity index (χ1n) is 7.20. The molecular formula is C15H20F2N2. The molecule has 1 N–H and O–H groups in total. The van der Waals surface area contributed by atoms with Crippen molar-refractivity contribution in [3.05, 3.63) is 29.3 Å². The zero-order chi connectivity index (χ0) is 13.2. The summed E-state index contributed by atoms with van der Waals surface area (Å²) >= 11 is 0. The van der Waals surface area contributed by atoms with Crippen LogP contribution >= 0.6 is 0 Å². The molecule has 1 aliphatic heterocycles. The van der Waals surface area contributed by atoms with E-state index in [0.29, 0.717) is 18.2 Å². The second kappa shape index (κ2) is 5.45. The van der Waals surface area contributed by atoms with E-state index in [4.69, 9.17) is 0 Å². The summed E-state index contributed by atoms with van der Waals surface area (Å²) in [6.07, 6.45) is 5.55. The van der Waals surface area contributed by atoms with Crippen LogP contribution in [0.5, 0.6) is 0 Å². The fraction of sp³-hybridized carbons (Fsp3) is 0.600. The molecule has 4 heteroatoms. The number of nitrogens with one attached hydrogen (secondary N) is 1. The zero-order valence-electron chi connectivity index (χ0n) is 11.1. The molecule has 104 valence electrons. The average Bonchev–Trinajstić information content (AvgIpc) is 3.21. The molecule has 2 aliphatic rings. The normalized spacial score (nSPS) is 19.8. The van der Waals surface area contributed by atoms with E-state index in [1.54, 1.807) is 0 Å². The molecule has 0 amide bonds. The highest BCUT2D eigenvalue weighted by Crippen LogP contribution is 2.28. The van der Waals surface area contributed by atoms with Crippen molar-refractivity contribution in [1.82, 2.24) is 5.32 Å². The van der Waals surface area contributed by atoms with Gasteiger partial charge in [-0.05, 0) is 49.8 Å². The van der Waals surface area contributed by atoms with Crippen molar-refractivity contribution in [3.8, 4) is 0 Å². The van der Waals surface area contributed by atoms with Crippen LogP contribution in [0.4, 0.5) is 14.5 Å². The topological polar surface area (TPSA) is 15.3 Å². The first kappa shape index (κ1) is 12.9. The minimum absolute atomic E-state index is 0.162. The summed E-state index contributed by atoms with van der Waals surface area (Å²) in [5.74, 6) is -0.844. The van der Waals surface area contributed by atoms with Gasteiger partial charge in [-0.1, -0.05) is 0 Å². The summed E-state index contributed by atoms with van der Waals surface area (Å²) in [5.41, 5.74) is 0.859. The summed E-state index contributed by atoms with van der Waals surface area (Å²) in [6, 6.07) is 3.50. The maximum atomic E-state index is 14.1. The molecule has 0 radical (unpaired) electrons. The van der Waals surface area contributed by atoms with Crippen molar-refractivity contribution in [2.75, 3.05) is 18.0 Å². The average molecular weight is 266 g/mol. The molecule has 0 bridgehead atoms. The first-order valence-corrected chi connectivity index (χ1v) is 7.20. The third-order valence-electron chi connectivity index (χ3n) is 3.92. The lowest BCUT2D eigenvalue weighted by Gasteiger charge is -2.29. The van der Waals surface area contributed by atoms with Crippen molar-refractivity contribution in [3.63, 3.8) is 0 Å². The van der Waals surface area contributed by atoms with E-state index in [-0.39, 0.29) is 5.69 Å². The summed E-state index contributed by atoms with van der Waals surface area (Å²) in [5, 5.41) is 3.28. The molecule has 0 aromatic heterocycles. The van der Waals surface area contributed by atoms with Gasteiger partial charge < -0.3 is 10.2 Å². The van der Waals surface area contributed by atoms with Gasteiger partial charge in [0.2, 0.25) is 0 Å². The van der Waals surface area contributed by atoms with E-state index in [1.165, 1.54) is 25.0 Å². The van der Waals surface area contributed by atoms with Crippen LogP contribution in [0.1, 0.15) is 37.7 Å². The molecule has 0 spiro atoms. The minimum Gasteiger partial charge on any atom is -0.367 e. The maximum absolute atomic E-state index is 14.1. The van der Waals surface area contributed by atoms with Crippen molar-refractivity contribution in [2.24, 2.45) is 0 Å². The molecule has 1 aromatic carbocycles. The lowest BCUT2D eigenvalue weighted by molar-refractivity contribution is 0.528. The molecule has 3 rings (SSSR count). The smallest absolute Gasteiger partial charge is 0.149 e. The van der Waals surface area contributed by atoms with Gasteiger partial charge in [0.25, 0.3) is 0 Å². The number of halogens is 2. The Balaban J connectivity index is 1.75. The van der Waals surface area contributed by atoms with Crippen molar-refractivity contribution >= 4 is 5.69 Å². The number of benzene rings is 1. The van der Waals surface area contributed by atoms with Gasteiger partial charge in [-0.3, -0.25) is 0 Å². The van der Waals surface area contributed by atoms with E-state index in [9.17, 15) is 8.78 Å². The third kappa shape index (κ3) is 3.06. The van der Waals surface area contributed by atoms with Crippen molar-refractivity contribution in [1.29, 1.82) is 0 Å². The third-order valence-corrected chi connectivity index (χ3v) is 3.92. The Labute approximate surface area is 112 Å². The van der Waals surface area contributed by atoms with Gasteiger partial charge in [0.15, 0.2) is 0 Å². The Morgan fingerprint density at radius 2 is 1.68 bits per heavy atom. The summed E-state index contributed by atoms with van der Waals surface area (Å²) in [7, 11) is 0. The van der Waals surface area contributed by atoms with Gasteiger partial charge in [-0.2, -0.15) is 0 Å². The SMILES string of the molecule is Fc1cc(CNC2CC2)cc(F)c1N1CCCCC1. The quantitative estimate of drug-likeness (QED) is 0.900. The van der Waals surface area contributed by atoms with Crippen LogP contribution < -0.4 is 10.2 Å². The van der Waals surface area contributed by atoms with Crippen LogP contribution in [0.3, 0.4) is 0 Å². The van der Waals surface area contributed by atoms with E-state index in [1.807, 2.05) is 4.90 Å². The second-order valence-corrected chi connectivity index (χ2v) is 5.61. The molecule has 1 saturated heterocycles. The molecule has 1 aliphatic carbocycles. The van der Waals surface area contributed by atoms with Crippen molar-refractivity contribution < 1.29 is 8.78 Å². The highest BCUT2D eigenvalue weighted by Gasteiger charge is 2.22. The molecule has 1 aromatic rings. The molecule has 1 heterocycles. The fourth-order valence-corrected chi connectivity index (χ4v) is 2.69. The minimum atomic E-state index is -0.422. The molecule has 19 heavy (non-hydrogen) atoms. The molecule has 1 saturated carbocycles. The van der Waals surface area contributed by atoms with E-state index < -0.39 is 11.6 Å². The number of hydrogen-bond donors (Lipinski definition) is 1. The lowest BCUT2D eigenvalue weighted by Crippen LogP contribution is -2.31. The van der Waals surface area contributed by atoms with E-state index >= 15 is 0 Å². The number of hydrogen-bond acceptors (Lipinski definition) is 2. The highest BCUT2D eigenvalue weighted by atomic mass is 19.1. The van der Waals surface area contributed by atoms with E-state index in [0.717, 1.165) is 32.4 Å². The number of nitrogens with zero attached hydrogens (tertiary/aromatic N) is 1. The maximum Gasteiger partial charge on any atom is 0.149 e. The number of rotatable bonds is 4. The Morgan fingerprint density at radius 1 is 1.05 bits per heavy atom. The fourth-order valence-electron chi connectivity index (χ4n) is 2.69. The Bertz CT molecular complexity index is 428. The predicted octanol–water partition coefficient (Wildman–Crippen LogP) is 3.21. The van der Waals surface area contributed by atoms with Gasteiger partial charge in [-0.25, -0.2) is 8.78 Å². The van der Waals surface area contributed by atoms with Crippen LogP contribution in [0.25, 0.3) is 0 Å². The molecule has 0 atom stereocenters. The first-order chi connectivity index (χ1) is 9.24. The van der Waals surface area contributed by atoms with Gasteiger partial charge >= 0.3 is 0 Å². The molecule has 2 fully saturated rings. The lowest BCUT2D eigenvalue weighted by atomic mass is 10.1. The van der Waals surface area contributed by atoms with E-state index in [2.05, 4.69) is 5.32 Å². The van der Waals surface area contributed by atoms with Crippen LogP contribution in [0.15, 0.2) is 12.1 Å². The summed E-state index contributed by atoms with van der Waals surface area (Å²) < 4.78 is 28.3. The van der Waals surface area contributed by atoms with Crippen LogP contribution in [-0.4, -0.2) is 19.1 Å². The Morgan fingerprint density at radius 3 is 2.26 bits per heavy atom. The molecular weight excluding hydrogens is 246 g/mol. The number of anilines is 1. The zero-order valence-corrected chi connectivity index (χ0v) is 11.1. The monoisotopic (exact) mass is 266 g/mol. The van der Waals surface area contributed by atoms with Gasteiger partial charge in [0, 0.05) is 25.7 Å². The molecule has 2 nitrogen and oxygen atoms in total. The van der Waals surface area contributed by atoms with Crippen molar-refractivity contribution in [2.45, 2.75) is 44.7 Å². The van der Waals surface area contributed by atoms with Gasteiger partial charge in [0.05, 0.1) is 0 Å². The standard InChI is InChI=1S/C15H20F2N2/c16-13-8-11(10-18-12-4-5-12)9-14(17)15(13)19-6-2-1-3-7-19/h8-9,12,18H,1-7,10H2. The van der Waals surface area contributed by atoms with Gasteiger partial charge in [0.1, 0.15) is 17.3 Å². The number of piperidine rings is 1. The van der Waals surface area contributed by atoms with Crippen LogP contribution in [0, 0.1) is 11.6 Å². The van der Waals surface area contributed by atoms with Crippen LogP contribution in [-0.2, 0) is 6.54 Å². The predicted molar refractivity (Wildman–Crippen MR) is 72.3 cm³/mol. The van der Waals surface area contributed by atoms with Crippen LogP contribution in [0.2, 0.25) is 0 Å². The summed E-state index contributed by atoms with van der Waals surface area (Å²) in [4.78, 5) is 1.84.